The Bertz CT molecular complexity index is 785. The molecule has 0 atom stereocenters. The van der Waals surface area contributed by atoms with E-state index in [2.05, 4.69) is 27.3 Å². The lowest BCUT2D eigenvalue weighted by Crippen LogP contribution is -2.53. The number of guanidine groups is 1. The predicted molar refractivity (Wildman–Crippen MR) is 122 cm³/mol. The minimum absolute atomic E-state index is 0. The number of rotatable bonds is 3. The second-order valence-corrected chi connectivity index (χ2v) is 7.37. The van der Waals surface area contributed by atoms with E-state index in [0.717, 1.165) is 48.4 Å². The van der Waals surface area contributed by atoms with Gasteiger partial charge in [-0.25, -0.2) is 4.98 Å². The van der Waals surface area contributed by atoms with Crippen molar-refractivity contribution in [3.63, 3.8) is 0 Å². The maximum atomic E-state index is 11.5. The molecular formula is C19H26IN5OS. The largest absolute Gasteiger partial charge is 0.351 e. The normalized spacial score (nSPS) is 14.7. The van der Waals surface area contributed by atoms with E-state index in [1.165, 1.54) is 4.88 Å². The summed E-state index contributed by atoms with van der Waals surface area (Å²) in [5.74, 6) is 1.02. The number of hydrogen-bond donors (Lipinski definition) is 1. The summed E-state index contributed by atoms with van der Waals surface area (Å²) in [7, 11) is 1.80. The number of carbonyl (C=O) groups is 1. The van der Waals surface area contributed by atoms with Gasteiger partial charge in [-0.2, -0.15) is 0 Å². The number of halogens is 1. The first-order valence-electron chi connectivity index (χ1n) is 8.81. The Labute approximate surface area is 181 Å². The van der Waals surface area contributed by atoms with E-state index in [0.29, 0.717) is 6.54 Å². The molecule has 146 valence electrons. The number of nitrogens with zero attached hydrogens (tertiary/aromatic N) is 4. The molecule has 1 fully saturated rings. The molecule has 27 heavy (non-hydrogen) atoms. The number of aryl methyl sites for hydroxylation is 1. The molecule has 2 aromatic rings. The van der Waals surface area contributed by atoms with Crippen molar-refractivity contribution in [1.82, 2.24) is 20.1 Å². The van der Waals surface area contributed by atoms with Crippen molar-refractivity contribution in [3.8, 4) is 10.6 Å². The second-order valence-electron chi connectivity index (χ2n) is 6.29. The third-order valence-electron chi connectivity index (χ3n) is 4.56. The molecule has 6 nitrogen and oxygen atoms in total. The fourth-order valence-electron chi connectivity index (χ4n) is 3.02. The van der Waals surface area contributed by atoms with Gasteiger partial charge < -0.3 is 15.1 Å². The van der Waals surface area contributed by atoms with Crippen molar-refractivity contribution < 1.29 is 4.79 Å². The van der Waals surface area contributed by atoms with Crippen molar-refractivity contribution in [3.05, 3.63) is 40.9 Å². The molecule has 1 aliphatic heterocycles. The minimum atomic E-state index is 0. The van der Waals surface area contributed by atoms with E-state index >= 15 is 0 Å². The van der Waals surface area contributed by atoms with Gasteiger partial charge in [-0.05, 0) is 6.92 Å². The lowest BCUT2D eigenvalue weighted by atomic mass is 10.2. The van der Waals surface area contributed by atoms with Crippen LogP contribution < -0.4 is 5.32 Å². The fraction of sp³-hybridized carbons (Fsp3) is 0.421. The molecule has 1 aromatic heterocycles. The first kappa shape index (κ1) is 21.6. The lowest BCUT2D eigenvalue weighted by molar-refractivity contribution is -0.130. The summed E-state index contributed by atoms with van der Waals surface area (Å²) in [6, 6.07) is 10.3. The Kier molecular flexibility index (Phi) is 8.03. The van der Waals surface area contributed by atoms with Crippen LogP contribution in [0, 0.1) is 6.92 Å². The van der Waals surface area contributed by atoms with Crippen LogP contribution in [0.3, 0.4) is 0 Å². The molecule has 0 spiro atoms. The number of aliphatic imine (C=N–C) groups is 1. The number of hydrogen-bond acceptors (Lipinski definition) is 4. The van der Waals surface area contributed by atoms with Gasteiger partial charge in [0, 0.05) is 50.6 Å². The minimum Gasteiger partial charge on any atom is -0.351 e. The molecule has 0 saturated carbocycles. The van der Waals surface area contributed by atoms with Crippen LogP contribution in [0.1, 0.15) is 17.5 Å². The highest BCUT2D eigenvalue weighted by atomic mass is 127. The van der Waals surface area contributed by atoms with E-state index in [4.69, 9.17) is 4.98 Å². The molecule has 1 saturated heterocycles. The molecule has 1 N–H and O–H groups in total. The van der Waals surface area contributed by atoms with Crippen molar-refractivity contribution in [2.75, 3.05) is 33.2 Å². The number of piperazine rings is 1. The maximum absolute atomic E-state index is 11.5. The summed E-state index contributed by atoms with van der Waals surface area (Å²) >= 11 is 1.72. The van der Waals surface area contributed by atoms with Crippen LogP contribution in [0.2, 0.25) is 0 Å². The number of thiazole rings is 1. The van der Waals surface area contributed by atoms with Crippen molar-refractivity contribution in [2.24, 2.45) is 4.99 Å². The fourth-order valence-corrected chi connectivity index (χ4v) is 4.03. The van der Waals surface area contributed by atoms with Crippen LogP contribution in [0.15, 0.2) is 35.3 Å². The molecule has 0 aliphatic carbocycles. The van der Waals surface area contributed by atoms with Crippen LogP contribution >= 0.6 is 35.3 Å². The number of aromatic nitrogens is 1. The summed E-state index contributed by atoms with van der Waals surface area (Å²) in [6.07, 6.45) is 0. The monoisotopic (exact) mass is 499 g/mol. The van der Waals surface area contributed by atoms with Crippen LogP contribution in [0.4, 0.5) is 0 Å². The molecule has 0 unspecified atom stereocenters. The van der Waals surface area contributed by atoms with Gasteiger partial charge in [0.15, 0.2) is 5.96 Å². The average Bonchev–Trinajstić information content (AvgIpc) is 3.04. The Morgan fingerprint density at radius 3 is 2.41 bits per heavy atom. The van der Waals surface area contributed by atoms with Crippen LogP contribution in [0.5, 0.6) is 0 Å². The molecular weight excluding hydrogens is 473 g/mol. The van der Waals surface area contributed by atoms with Gasteiger partial charge in [0.25, 0.3) is 0 Å². The maximum Gasteiger partial charge on any atom is 0.219 e. The lowest BCUT2D eigenvalue weighted by Gasteiger charge is -2.36. The van der Waals surface area contributed by atoms with Gasteiger partial charge in [-0.3, -0.25) is 9.79 Å². The molecule has 0 bridgehead atoms. The standard InChI is InChI=1S/C19H25N5OS.HI/c1-14-17(26-18(22-14)16-7-5-4-6-8-16)13-21-19(20-3)24-11-9-23(10-12-24)15(2)25;/h4-8H,9-13H2,1-3H3,(H,20,21);1H. The van der Waals surface area contributed by atoms with E-state index in [-0.39, 0.29) is 29.9 Å². The molecule has 1 aromatic carbocycles. The van der Waals surface area contributed by atoms with Crippen molar-refractivity contribution >= 4 is 47.2 Å². The zero-order valence-electron chi connectivity index (χ0n) is 15.9. The Morgan fingerprint density at radius 2 is 1.81 bits per heavy atom. The Morgan fingerprint density at radius 1 is 1.19 bits per heavy atom. The van der Waals surface area contributed by atoms with E-state index in [9.17, 15) is 4.79 Å². The van der Waals surface area contributed by atoms with Gasteiger partial charge in [0.2, 0.25) is 5.91 Å². The number of carbonyl (C=O) groups excluding carboxylic acids is 1. The summed E-state index contributed by atoms with van der Waals surface area (Å²) < 4.78 is 0. The Hall–Kier alpha value is -1.68. The van der Waals surface area contributed by atoms with Gasteiger partial charge in [0.05, 0.1) is 12.2 Å². The Balaban J connectivity index is 0.00000261. The van der Waals surface area contributed by atoms with Crippen molar-refractivity contribution in [2.45, 2.75) is 20.4 Å². The average molecular weight is 499 g/mol. The van der Waals surface area contributed by atoms with Gasteiger partial charge in [0.1, 0.15) is 5.01 Å². The third-order valence-corrected chi connectivity index (χ3v) is 5.76. The number of benzene rings is 1. The number of amides is 1. The quantitative estimate of drug-likeness (QED) is 0.401. The van der Waals surface area contributed by atoms with E-state index in [1.54, 1.807) is 25.3 Å². The highest BCUT2D eigenvalue weighted by Gasteiger charge is 2.21. The van der Waals surface area contributed by atoms with E-state index in [1.807, 2.05) is 30.0 Å². The predicted octanol–water partition coefficient (Wildman–Crippen LogP) is 2.98. The summed E-state index contributed by atoms with van der Waals surface area (Å²) in [5.41, 5.74) is 2.20. The van der Waals surface area contributed by atoms with Gasteiger partial charge in [-0.1, -0.05) is 30.3 Å². The van der Waals surface area contributed by atoms with E-state index < -0.39 is 0 Å². The molecule has 2 heterocycles. The second kappa shape index (κ2) is 10.0. The zero-order chi connectivity index (χ0) is 18.5. The van der Waals surface area contributed by atoms with Crippen LogP contribution in [-0.4, -0.2) is 59.9 Å². The first-order valence-corrected chi connectivity index (χ1v) is 9.63. The molecule has 3 rings (SSSR count). The summed E-state index contributed by atoms with van der Waals surface area (Å²) in [5, 5.41) is 4.49. The molecule has 8 heteroatoms. The third kappa shape index (κ3) is 5.41. The summed E-state index contributed by atoms with van der Waals surface area (Å²) in [6.45, 7) is 7.47. The molecule has 1 amide bonds. The highest BCUT2D eigenvalue weighted by Crippen LogP contribution is 2.27. The zero-order valence-corrected chi connectivity index (χ0v) is 19.1. The molecule has 0 radical (unpaired) electrons. The van der Waals surface area contributed by atoms with Crippen LogP contribution in [0.25, 0.3) is 10.6 Å². The molecule has 1 aliphatic rings. The highest BCUT2D eigenvalue weighted by molar-refractivity contribution is 14.0. The topological polar surface area (TPSA) is 60.8 Å². The summed E-state index contributed by atoms with van der Waals surface area (Å²) in [4.78, 5) is 25.9. The van der Waals surface area contributed by atoms with Gasteiger partial charge in [-0.15, -0.1) is 35.3 Å². The smallest absolute Gasteiger partial charge is 0.219 e. The SMILES string of the molecule is CN=C(NCc1sc(-c2ccccc2)nc1C)N1CCN(C(C)=O)CC1.I. The van der Waals surface area contributed by atoms with Gasteiger partial charge >= 0.3 is 0 Å². The number of nitrogens with one attached hydrogen (secondary N) is 1. The first-order chi connectivity index (χ1) is 12.6. The van der Waals surface area contributed by atoms with Crippen LogP contribution in [-0.2, 0) is 11.3 Å². The van der Waals surface area contributed by atoms with Crippen molar-refractivity contribution in [1.29, 1.82) is 0 Å².